The highest BCUT2D eigenvalue weighted by Crippen LogP contribution is 2.19. The fourth-order valence-electron chi connectivity index (χ4n) is 6.26. The number of fused-ring (bicyclic) bond motifs is 1. The first-order valence-electron chi connectivity index (χ1n) is 20.4. The summed E-state index contributed by atoms with van der Waals surface area (Å²) in [7, 11) is 0. The lowest BCUT2D eigenvalue weighted by atomic mass is 10.0. The molecule has 0 bridgehead atoms. The van der Waals surface area contributed by atoms with E-state index in [4.69, 9.17) is 28.7 Å². The summed E-state index contributed by atoms with van der Waals surface area (Å²) in [6, 6.07) is 9.87. The van der Waals surface area contributed by atoms with Crippen molar-refractivity contribution in [2.75, 3.05) is 26.2 Å². The van der Waals surface area contributed by atoms with Crippen LogP contribution < -0.4 is 65.9 Å². The molecule has 346 valence electrons. The van der Waals surface area contributed by atoms with Crippen LogP contribution in [0.3, 0.4) is 0 Å². The molecule has 1 heterocycles. The largest absolute Gasteiger partial charge is 0.370 e. The van der Waals surface area contributed by atoms with E-state index in [1.807, 2.05) is 24.3 Å². The predicted octanol–water partition coefficient (Wildman–Crippen LogP) is -3.76. The van der Waals surface area contributed by atoms with Crippen LogP contribution in [0.1, 0.15) is 50.7 Å². The fourth-order valence-corrected chi connectivity index (χ4v) is 6.26. The molecule has 2 aromatic carbocycles. The number of H-pyrrole nitrogens is 1. The number of aliphatic imine (C=N–C) groups is 2. The van der Waals surface area contributed by atoms with E-state index in [1.54, 1.807) is 36.5 Å². The zero-order chi connectivity index (χ0) is 47.2. The number of nitrogens with one attached hydrogen (secondary N) is 8. The number of guanidine groups is 2. The van der Waals surface area contributed by atoms with Crippen LogP contribution in [-0.2, 0) is 51.2 Å². The summed E-state index contributed by atoms with van der Waals surface area (Å²) >= 11 is 0. The van der Waals surface area contributed by atoms with Crippen LogP contribution in [0.5, 0.6) is 0 Å². The number of nitrogens with zero attached hydrogens (tertiary/aromatic N) is 2. The minimum Gasteiger partial charge on any atom is -0.370 e. The van der Waals surface area contributed by atoms with E-state index >= 15 is 0 Å². The SMILES string of the molecule is CC(=O)NCC(=O)NCC(=O)N[C@@H](CCCN=C(N)N)C(=O)NC(Cc1ccccc1)C(=O)N[C@@H](CCCN=C(N)N)C(=O)NC(C)C(=O)N[C@@H](Cc1c[nH]c2ccccc12)C(N)=O. The van der Waals surface area contributed by atoms with Crippen molar-refractivity contribution in [3.05, 3.63) is 71.9 Å². The molecule has 0 aliphatic carbocycles. The Kier molecular flexibility index (Phi) is 20.5. The highest BCUT2D eigenvalue weighted by molar-refractivity contribution is 5.97. The van der Waals surface area contributed by atoms with Gasteiger partial charge in [0.2, 0.25) is 47.3 Å². The third-order valence-electron chi connectivity index (χ3n) is 9.55. The zero-order valence-electron chi connectivity index (χ0n) is 35.8. The molecule has 5 atom stereocenters. The smallest absolute Gasteiger partial charge is 0.243 e. The molecule has 23 heteroatoms. The van der Waals surface area contributed by atoms with Crippen LogP contribution in [0.2, 0.25) is 0 Å². The van der Waals surface area contributed by atoms with Gasteiger partial charge in [-0.3, -0.25) is 48.3 Å². The van der Waals surface area contributed by atoms with Crippen LogP contribution in [-0.4, -0.2) is 121 Å². The molecular formula is C41H59N15O8. The number of amides is 8. The molecule has 0 saturated carbocycles. The molecule has 3 aromatic rings. The summed E-state index contributed by atoms with van der Waals surface area (Å²) < 4.78 is 0. The molecule has 18 N–H and O–H groups in total. The molecule has 0 spiro atoms. The molecular weight excluding hydrogens is 831 g/mol. The maximum absolute atomic E-state index is 14.2. The van der Waals surface area contributed by atoms with Crippen molar-refractivity contribution in [1.82, 2.24) is 42.2 Å². The summed E-state index contributed by atoms with van der Waals surface area (Å²) in [4.78, 5) is 115. The van der Waals surface area contributed by atoms with E-state index in [0.717, 1.165) is 16.5 Å². The van der Waals surface area contributed by atoms with Crippen molar-refractivity contribution in [2.24, 2.45) is 38.7 Å². The molecule has 0 aliphatic rings. The highest BCUT2D eigenvalue weighted by atomic mass is 16.2. The molecule has 0 fully saturated rings. The predicted molar refractivity (Wildman–Crippen MR) is 238 cm³/mol. The van der Waals surface area contributed by atoms with E-state index in [0.29, 0.717) is 5.56 Å². The van der Waals surface area contributed by atoms with Crippen LogP contribution in [0.25, 0.3) is 10.9 Å². The Bertz CT molecular complexity index is 2150. The lowest BCUT2D eigenvalue weighted by Crippen LogP contribution is -2.59. The van der Waals surface area contributed by atoms with Crippen LogP contribution in [0.15, 0.2) is 70.8 Å². The van der Waals surface area contributed by atoms with Gasteiger partial charge in [0, 0.05) is 50.0 Å². The maximum atomic E-state index is 14.2. The number of para-hydroxylation sites is 1. The Hall–Kier alpha value is -7.72. The minimum atomic E-state index is -1.32. The number of primary amides is 1. The number of hydrogen-bond donors (Lipinski definition) is 13. The number of carbonyl (C=O) groups is 8. The van der Waals surface area contributed by atoms with Gasteiger partial charge >= 0.3 is 0 Å². The van der Waals surface area contributed by atoms with Gasteiger partial charge in [-0.2, -0.15) is 0 Å². The van der Waals surface area contributed by atoms with Gasteiger partial charge in [-0.1, -0.05) is 48.5 Å². The van der Waals surface area contributed by atoms with Gasteiger partial charge in [0.15, 0.2) is 11.9 Å². The van der Waals surface area contributed by atoms with Gasteiger partial charge in [-0.05, 0) is 49.8 Å². The number of hydrogen-bond acceptors (Lipinski definition) is 10. The summed E-state index contributed by atoms with van der Waals surface area (Å²) in [6.45, 7) is 1.90. The van der Waals surface area contributed by atoms with Gasteiger partial charge in [0.05, 0.1) is 13.1 Å². The van der Waals surface area contributed by atoms with Crippen molar-refractivity contribution in [1.29, 1.82) is 0 Å². The van der Waals surface area contributed by atoms with Gasteiger partial charge in [0.1, 0.15) is 30.2 Å². The molecule has 0 aliphatic heterocycles. The van der Waals surface area contributed by atoms with Crippen molar-refractivity contribution >= 4 is 70.1 Å². The summed E-state index contributed by atoms with van der Waals surface area (Å²) in [5.41, 5.74) is 29.7. The molecule has 23 nitrogen and oxygen atoms in total. The zero-order valence-corrected chi connectivity index (χ0v) is 35.8. The Morgan fingerprint density at radius 1 is 0.594 bits per heavy atom. The third kappa shape index (κ3) is 18.1. The summed E-state index contributed by atoms with van der Waals surface area (Å²) in [5.74, 6) is -6.10. The van der Waals surface area contributed by atoms with Gasteiger partial charge in [-0.15, -0.1) is 0 Å². The molecule has 8 amide bonds. The lowest BCUT2D eigenvalue weighted by molar-refractivity contribution is -0.135. The first kappa shape index (κ1) is 50.6. The van der Waals surface area contributed by atoms with Crippen LogP contribution >= 0.6 is 0 Å². The number of carbonyl (C=O) groups excluding carboxylic acids is 8. The van der Waals surface area contributed by atoms with Gasteiger partial charge < -0.3 is 70.9 Å². The molecule has 64 heavy (non-hydrogen) atoms. The number of benzene rings is 2. The Morgan fingerprint density at radius 3 is 1.73 bits per heavy atom. The average molecular weight is 890 g/mol. The minimum absolute atomic E-state index is 0.00202. The first-order chi connectivity index (χ1) is 30.4. The van der Waals surface area contributed by atoms with E-state index < -0.39 is 84.0 Å². The molecule has 0 radical (unpaired) electrons. The monoisotopic (exact) mass is 889 g/mol. The fraction of sp³-hybridized carbons (Fsp3) is 0.415. The first-order valence-corrected chi connectivity index (χ1v) is 20.4. The Morgan fingerprint density at radius 2 is 1.12 bits per heavy atom. The molecule has 3 rings (SSSR count). The van der Waals surface area contributed by atoms with Crippen LogP contribution in [0, 0.1) is 0 Å². The van der Waals surface area contributed by atoms with Crippen molar-refractivity contribution in [2.45, 2.75) is 82.6 Å². The second kappa shape index (κ2) is 25.9. The molecule has 1 aromatic heterocycles. The molecule has 0 saturated heterocycles. The van der Waals surface area contributed by atoms with Crippen molar-refractivity contribution in [3.8, 4) is 0 Å². The number of rotatable bonds is 26. The van der Waals surface area contributed by atoms with E-state index in [1.165, 1.54) is 13.8 Å². The van der Waals surface area contributed by atoms with Gasteiger partial charge in [0.25, 0.3) is 0 Å². The Balaban J connectivity index is 1.81. The number of nitrogens with two attached hydrogens (primary N) is 5. The Labute approximate surface area is 369 Å². The standard InChI is InChI=1S/C41H59N15O8/c1-23(36(61)55-31(35(42)60)19-26-20-50-28-13-7-6-12-27(26)28)52-37(62)30(15-9-17-48-41(45)46)54-39(64)32(18-25-10-4-3-5-11-25)56-38(63)29(14-8-16-47-40(43)44)53-34(59)22-51-33(58)21-49-24(2)57/h3-7,10-13,20,23,29-32,50H,8-9,14-19,21-22H2,1-2H3,(H2,42,60)(H,49,57)(H,51,58)(H,52,62)(H,53,59)(H,54,64)(H,55,61)(H,56,63)(H4,43,44,47)(H4,45,46,48)/t23?,29-,30-,31-,32?/m0/s1. The second-order valence-electron chi connectivity index (χ2n) is 14.8. The van der Waals surface area contributed by atoms with Crippen LogP contribution in [0.4, 0.5) is 0 Å². The average Bonchev–Trinajstić information content (AvgIpc) is 3.66. The quantitative estimate of drug-likeness (QED) is 0.0210. The maximum Gasteiger partial charge on any atom is 0.243 e. The molecule has 2 unspecified atom stereocenters. The second-order valence-corrected chi connectivity index (χ2v) is 14.8. The van der Waals surface area contributed by atoms with Gasteiger partial charge in [-0.25, -0.2) is 0 Å². The van der Waals surface area contributed by atoms with E-state index in [9.17, 15) is 38.4 Å². The number of aromatic nitrogens is 1. The topological polar surface area (TPSA) is 391 Å². The van der Waals surface area contributed by atoms with E-state index in [2.05, 4.69) is 52.2 Å². The lowest BCUT2D eigenvalue weighted by Gasteiger charge is -2.26. The highest BCUT2D eigenvalue weighted by Gasteiger charge is 2.32. The van der Waals surface area contributed by atoms with Crippen molar-refractivity contribution < 1.29 is 38.4 Å². The van der Waals surface area contributed by atoms with E-state index in [-0.39, 0.29) is 70.1 Å². The third-order valence-corrected chi connectivity index (χ3v) is 9.55. The van der Waals surface area contributed by atoms with Crippen molar-refractivity contribution in [3.63, 3.8) is 0 Å². The normalized spacial score (nSPS) is 13.0. The number of aromatic amines is 1. The summed E-state index contributed by atoms with van der Waals surface area (Å²) in [6.07, 6.45) is 2.13. The summed E-state index contributed by atoms with van der Waals surface area (Å²) in [5, 5.41) is 18.6.